The van der Waals surface area contributed by atoms with Crippen LogP contribution in [0, 0.1) is 0 Å². The number of rotatable bonds is 8. The van der Waals surface area contributed by atoms with Crippen molar-refractivity contribution >= 4 is 38.9 Å². The van der Waals surface area contributed by atoms with E-state index in [-0.39, 0.29) is 0 Å². The van der Waals surface area contributed by atoms with Crippen LogP contribution in [0.3, 0.4) is 0 Å². The molecule has 0 bridgehead atoms. The Balaban J connectivity index is 1.13. The van der Waals surface area contributed by atoms with Gasteiger partial charge in [-0.2, -0.15) is 0 Å². The Morgan fingerprint density at radius 1 is 0.286 bits per heavy atom. The largest absolute Gasteiger partial charge is 0.309 e. The van der Waals surface area contributed by atoms with Gasteiger partial charge in [0.1, 0.15) is 0 Å². The van der Waals surface area contributed by atoms with Crippen molar-refractivity contribution in [2.45, 2.75) is 0 Å². The average molecular weight is 715 g/mol. The molecule has 56 heavy (non-hydrogen) atoms. The van der Waals surface area contributed by atoms with E-state index in [0.717, 1.165) is 33.9 Å². The summed E-state index contributed by atoms with van der Waals surface area (Å²) in [6.07, 6.45) is 0. The van der Waals surface area contributed by atoms with Gasteiger partial charge in [0.15, 0.2) is 0 Å². The summed E-state index contributed by atoms with van der Waals surface area (Å²) in [5, 5.41) is 2.53. The molecule has 0 unspecified atom stereocenters. The second-order valence-corrected chi connectivity index (χ2v) is 14.1. The summed E-state index contributed by atoms with van der Waals surface area (Å²) < 4.78 is 2.38. The lowest BCUT2D eigenvalue weighted by Gasteiger charge is -2.30. The number of nitrogens with zero attached hydrogens (tertiary/aromatic N) is 2. The average Bonchev–Trinajstić information content (AvgIpc) is 3.62. The van der Waals surface area contributed by atoms with Gasteiger partial charge in [-0.25, -0.2) is 0 Å². The normalized spacial score (nSPS) is 11.2. The van der Waals surface area contributed by atoms with Crippen molar-refractivity contribution in [3.63, 3.8) is 0 Å². The molecule has 10 aromatic rings. The summed E-state index contributed by atoms with van der Waals surface area (Å²) in [5.74, 6) is 0. The highest BCUT2D eigenvalue weighted by Crippen LogP contribution is 2.46. The van der Waals surface area contributed by atoms with E-state index in [1.165, 1.54) is 55.2 Å². The zero-order valence-electron chi connectivity index (χ0n) is 30.8. The lowest BCUT2D eigenvalue weighted by Crippen LogP contribution is -2.12. The molecule has 0 N–H and O–H groups in total. The Bertz CT molecular complexity index is 2890. The van der Waals surface area contributed by atoms with Crippen LogP contribution in [0.5, 0.6) is 0 Å². The maximum Gasteiger partial charge on any atom is 0.0541 e. The second kappa shape index (κ2) is 14.4. The molecule has 0 aliphatic carbocycles. The van der Waals surface area contributed by atoms with Gasteiger partial charge < -0.3 is 9.47 Å². The lowest BCUT2D eigenvalue weighted by atomic mass is 9.95. The van der Waals surface area contributed by atoms with Gasteiger partial charge >= 0.3 is 0 Å². The number of fused-ring (bicyclic) bond motifs is 3. The Morgan fingerprint density at radius 3 is 1.41 bits per heavy atom. The van der Waals surface area contributed by atoms with Gasteiger partial charge in [0, 0.05) is 33.3 Å². The molecule has 0 aliphatic heterocycles. The Labute approximate surface area is 327 Å². The minimum atomic E-state index is 1.08. The smallest absolute Gasteiger partial charge is 0.0541 e. The first kappa shape index (κ1) is 33.2. The standard InChI is InChI=1S/C54H38N2/c1-4-17-39(18-5-1)44-33-36-54(50(38-44)42-21-8-3-9-22-42)55(51-28-13-10-25-47(51)41-19-6-2-7-20-41)45-34-31-40(32-35-45)43-23-16-24-46(37-43)56-52-29-14-11-26-48(52)49-27-12-15-30-53(49)56/h1-38H. The molecule has 0 saturated heterocycles. The van der Waals surface area contributed by atoms with Crippen molar-refractivity contribution in [3.05, 3.63) is 231 Å². The van der Waals surface area contributed by atoms with Crippen LogP contribution in [0.2, 0.25) is 0 Å². The SMILES string of the molecule is c1ccc(-c2ccc(N(c3ccc(-c4cccc(-n5c6ccccc6c6ccccc65)c4)cc3)c3ccccc3-c3ccccc3)c(-c3ccccc3)c2)cc1. The molecule has 0 saturated carbocycles. The van der Waals surface area contributed by atoms with Crippen LogP contribution < -0.4 is 4.90 Å². The summed E-state index contributed by atoms with van der Waals surface area (Å²) in [6, 6.07) is 83.1. The Morgan fingerprint density at radius 2 is 0.750 bits per heavy atom. The third-order valence-electron chi connectivity index (χ3n) is 10.8. The predicted molar refractivity (Wildman–Crippen MR) is 237 cm³/mol. The predicted octanol–water partition coefficient (Wildman–Crippen LogP) is 14.9. The molecule has 2 heteroatoms. The van der Waals surface area contributed by atoms with Crippen molar-refractivity contribution in [2.75, 3.05) is 4.90 Å². The number of hydrogen-bond donors (Lipinski definition) is 0. The quantitative estimate of drug-likeness (QED) is 0.152. The summed E-state index contributed by atoms with van der Waals surface area (Å²) in [6.45, 7) is 0. The zero-order chi connectivity index (χ0) is 37.3. The Kier molecular flexibility index (Phi) is 8.55. The monoisotopic (exact) mass is 714 g/mol. The summed E-state index contributed by atoms with van der Waals surface area (Å²) in [7, 11) is 0. The molecule has 1 aromatic heterocycles. The van der Waals surface area contributed by atoms with Gasteiger partial charge in [-0.1, -0.05) is 176 Å². The van der Waals surface area contributed by atoms with Crippen LogP contribution >= 0.6 is 0 Å². The minimum Gasteiger partial charge on any atom is -0.309 e. The number of hydrogen-bond acceptors (Lipinski definition) is 1. The third-order valence-corrected chi connectivity index (χ3v) is 10.8. The fraction of sp³-hybridized carbons (Fsp3) is 0. The van der Waals surface area contributed by atoms with Gasteiger partial charge in [-0.15, -0.1) is 0 Å². The van der Waals surface area contributed by atoms with E-state index in [1.54, 1.807) is 0 Å². The maximum atomic E-state index is 2.43. The van der Waals surface area contributed by atoms with Crippen LogP contribution in [0.15, 0.2) is 231 Å². The van der Waals surface area contributed by atoms with Crippen LogP contribution in [-0.4, -0.2) is 4.57 Å². The van der Waals surface area contributed by atoms with Crippen LogP contribution in [0.4, 0.5) is 17.1 Å². The molecule has 2 nitrogen and oxygen atoms in total. The fourth-order valence-corrected chi connectivity index (χ4v) is 8.16. The molecular weight excluding hydrogens is 677 g/mol. The molecule has 264 valence electrons. The summed E-state index contributed by atoms with van der Waals surface area (Å²) in [4.78, 5) is 2.43. The molecule has 0 spiro atoms. The van der Waals surface area contributed by atoms with Gasteiger partial charge in [-0.05, 0) is 88.0 Å². The highest BCUT2D eigenvalue weighted by molar-refractivity contribution is 6.09. The first-order valence-electron chi connectivity index (χ1n) is 19.2. The van der Waals surface area contributed by atoms with Gasteiger partial charge in [0.25, 0.3) is 0 Å². The molecule has 9 aromatic carbocycles. The molecule has 0 amide bonds. The maximum absolute atomic E-state index is 2.43. The lowest BCUT2D eigenvalue weighted by molar-refractivity contribution is 1.18. The van der Waals surface area contributed by atoms with E-state index in [4.69, 9.17) is 0 Å². The highest BCUT2D eigenvalue weighted by Gasteiger charge is 2.21. The van der Waals surface area contributed by atoms with Crippen molar-refractivity contribution in [1.29, 1.82) is 0 Å². The van der Waals surface area contributed by atoms with E-state index in [2.05, 4.69) is 240 Å². The van der Waals surface area contributed by atoms with Gasteiger partial charge in [-0.3, -0.25) is 0 Å². The zero-order valence-corrected chi connectivity index (χ0v) is 30.8. The fourth-order valence-electron chi connectivity index (χ4n) is 8.16. The van der Waals surface area contributed by atoms with Crippen molar-refractivity contribution in [3.8, 4) is 50.2 Å². The first-order chi connectivity index (χ1) is 27.8. The minimum absolute atomic E-state index is 1.08. The number of aromatic nitrogens is 1. The molecule has 0 atom stereocenters. The molecule has 10 rings (SSSR count). The number of anilines is 3. The van der Waals surface area contributed by atoms with Gasteiger partial charge in [0.2, 0.25) is 0 Å². The van der Waals surface area contributed by atoms with E-state index < -0.39 is 0 Å². The molecule has 1 heterocycles. The third kappa shape index (κ3) is 6.04. The number of benzene rings is 9. The summed E-state index contributed by atoms with van der Waals surface area (Å²) in [5.41, 5.74) is 16.3. The molecule has 0 fully saturated rings. The first-order valence-corrected chi connectivity index (χ1v) is 19.2. The van der Waals surface area contributed by atoms with E-state index in [0.29, 0.717) is 0 Å². The molecule has 0 radical (unpaired) electrons. The summed E-state index contributed by atoms with van der Waals surface area (Å²) >= 11 is 0. The Hall–Kier alpha value is -7.42. The second-order valence-electron chi connectivity index (χ2n) is 14.1. The number of para-hydroxylation sites is 3. The van der Waals surface area contributed by atoms with E-state index in [9.17, 15) is 0 Å². The van der Waals surface area contributed by atoms with Crippen molar-refractivity contribution < 1.29 is 0 Å². The van der Waals surface area contributed by atoms with E-state index in [1.807, 2.05) is 0 Å². The van der Waals surface area contributed by atoms with E-state index >= 15 is 0 Å². The van der Waals surface area contributed by atoms with Gasteiger partial charge in [0.05, 0.1) is 22.4 Å². The highest BCUT2D eigenvalue weighted by atomic mass is 15.1. The molecular formula is C54H38N2. The molecule has 0 aliphatic rings. The van der Waals surface area contributed by atoms with Crippen molar-refractivity contribution in [2.24, 2.45) is 0 Å². The topological polar surface area (TPSA) is 8.17 Å². The van der Waals surface area contributed by atoms with Crippen LogP contribution in [-0.2, 0) is 0 Å². The van der Waals surface area contributed by atoms with Crippen molar-refractivity contribution in [1.82, 2.24) is 4.57 Å². The van der Waals surface area contributed by atoms with Crippen LogP contribution in [0.25, 0.3) is 72.0 Å². The van der Waals surface area contributed by atoms with Crippen LogP contribution in [0.1, 0.15) is 0 Å².